The predicted molar refractivity (Wildman–Crippen MR) is 92.5 cm³/mol. The summed E-state index contributed by atoms with van der Waals surface area (Å²) in [6.45, 7) is 12.0. The van der Waals surface area contributed by atoms with Crippen LogP contribution in [0.5, 0.6) is 0 Å². The summed E-state index contributed by atoms with van der Waals surface area (Å²) in [6.07, 6.45) is 8.56. The number of allylic oxidation sites excluding steroid dienone is 2. The number of epoxide rings is 1. The van der Waals surface area contributed by atoms with Crippen LogP contribution in [0.1, 0.15) is 59.8 Å². The summed E-state index contributed by atoms with van der Waals surface area (Å²) < 4.78 is 5.89. The molecule has 5 atom stereocenters. The van der Waals surface area contributed by atoms with Crippen molar-refractivity contribution in [3.05, 3.63) is 24.3 Å². The lowest BCUT2D eigenvalue weighted by atomic mass is 9.49. The maximum atomic E-state index is 12.8. The van der Waals surface area contributed by atoms with Gasteiger partial charge >= 0.3 is 0 Å². The summed E-state index contributed by atoms with van der Waals surface area (Å²) in [7, 11) is 0. The van der Waals surface area contributed by atoms with E-state index >= 15 is 0 Å². The first-order valence-corrected chi connectivity index (χ1v) is 9.03. The highest BCUT2D eigenvalue weighted by Crippen LogP contribution is 2.60. The van der Waals surface area contributed by atoms with Crippen molar-refractivity contribution in [1.29, 1.82) is 0 Å². The Hall–Kier alpha value is -0.970. The van der Waals surface area contributed by atoms with Crippen LogP contribution >= 0.6 is 0 Å². The van der Waals surface area contributed by atoms with E-state index in [1.807, 2.05) is 0 Å². The van der Waals surface area contributed by atoms with E-state index in [4.69, 9.17) is 9.99 Å². The summed E-state index contributed by atoms with van der Waals surface area (Å²) in [5.41, 5.74) is 0.102. The molecule has 1 saturated heterocycles. The van der Waals surface area contributed by atoms with Crippen molar-refractivity contribution in [2.45, 2.75) is 77.1 Å². The molecule has 134 valence electrons. The molecule has 24 heavy (non-hydrogen) atoms. The quantitative estimate of drug-likeness (QED) is 0.274. The highest BCUT2D eigenvalue weighted by Gasteiger charge is 2.58. The van der Waals surface area contributed by atoms with Crippen LogP contribution in [-0.2, 0) is 14.4 Å². The Morgan fingerprint density at radius 2 is 2.12 bits per heavy atom. The maximum absolute atomic E-state index is 12.8. The zero-order chi connectivity index (χ0) is 17.8. The first-order valence-electron chi connectivity index (χ1n) is 9.03. The number of carbonyl (C=O) groups is 1. The molecule has 0 aromatic carbocycles. The number of ether oxygens (including phenoxy) is 1. The highest BCUT2D eigenvalue weighted by molar-refractivity contribution is 5.95. The number of hydrogen-bond donors (Lipinski definition) is 1. The van der Waals surface area contributed by atoms with Crippen LogP contribution in [0.25, 0.3) is 0 Å². The van der Waals surface area contributed by atoms with Crippen molar-refractivity contribution in [3.63, 3.8) is 0 Å². The molecule has 5 unspecified atom stereocenters. The number of fused-ring (bicyclic) bond motifs is 2. The second-order valence-corrected chi connectivity index (χ2v) is 8.88. The van der Waals surface area contributed by atoms with Gasteiger partial charge in [0, 0.05) is 5.41 Å². The minimum absolute atomic E-state index is 0.0112. The van der Waals surface area contributed by atoms with Gasteiger partial charge in [0.1, 0.15) is 5.60 Å². The van der Waals surface area contributed by atoms with E-state index in [2.05, 4.69) is 25.3 Å². The van der Waals surface area contributed by atoms with Gasteiger partial charge in [-0.1, -0.05) is 19.1 Å². The SMILES string of the molecule is C=C1CCC2OC2(C)CCC2C1CC2(C)C(=O)C=CC(C)(C)OO. The summed E-state index contributed by atoms with van der Waals surface area (Å²) in [5, 5.41) is 8.88. The number of rotatable bonds is 4. The van der Waals surface area contributed by atoms with Crippen LogP contribution in [-0.4, -0.2) is 28.3 Å². The molecule has 0 spiro atoms. The smallest absolute Gasteiger partial charge is 0.161 e. The van der Waals surface area contributed by atoms with E-state index in [0.717, 1.165) is 32.1 Å². The molecule has 4 nitrogen and oxygen atoms in total. The van der Waals surface area contributed by atoms with Crippen LogP contribution in [0.15, 0.2) is 24.3 Å². The van der Waals surface area contributed by atoms with Crippen molar-refractivity contribution in [2.75, 3.05) is 0 Å². The number of hydrogen-bond acceptors (Lipinski definition) is 4. The molecule has 1 heterocycles. The fourth-order valence-corrected chi connectivity index (χ4v) is 4.58. The second-order valence-electron chi connectivity index (χ2n) is 8.88. The molecule has 1 N–H and O–H groups in total. The third kappa shape index (κ3) is 3.00. The Bertz CT molecular complexity index is 578. The Morgan fingerprint density at radius 1 is 1.42 bits per heavy atom. The molecular weight excluding hydrogens is 304 g/mol. The predicted octanol–water partition coefficient (Wildman–Crippen LogP) is 4.31. The van der Waals surface area contributed by atoms with E-state index in [1.165, 1.54) is 5.57 Å². The molecule has 3 rings (SSSR count). The maximum Gasteiger partial charge on any atom is 0.161 e. The molecule has 0 radical (unpaired) electrons. The molecule has 3 aliphatic rings. The molecule has 0 aromatic heterocycles. The minimum Gasteiger partial charge on any atom is -0.366 e. The van der Waals surface area contributed by atoms with Gasteiger partial charge in [-0.2, -0.15) is 0 Å². The van der Waals surface area contributed by atoms with Crippen LogP contribution in [0.4, 0.5) is 0 Å². The summed E-state index contributed by atoms with van der Waals surface area (Å²) in [6, 6.07) is 0. The van der Waals surface area contributed by atoms with Gasteiger partial charge in [-0.25, -0.2) is 4.89 Å². The Labute approximate surface area is 144 Å². The summed E-state index contributed by atoms with van der Waals surface area (Å²) in [5.74, 6) is 0.912. The lowest BCUT2D eigenvalue weighted by Gasteiger charge is -2.53. The van der Waals surface area contributed by atoms with Gasteiger partial charge in [-0.15, -0.1) is 0 Å². The van der Waals surface area contributed by atoms with Crippen molar-refractivity contribution < 1.29 is 19.7 Å². The molecule has 0 amide bonds. The standard InChI is InChI=1S/C20H30O4/c1-13-6-7-17-20(5,23-17)11-8-15-14(13)12-19(15,4)16(21)9-10-18(2,3)24-22/h9-10,14-15,17,22H,1,6-8,11-12H2,2-5H3. The third-order valence-electron chi connectivity index (χ3n) is 6.62. The Kier molecular flexibility index (Phi) is 4.30. The largest absolute Gasteiger partial charge is 0.366 e. The zero-order valence-corrected chi connectivity index (χ0v) is 15.3. The molecule has 1 aliphatic heterocycles. The Morgan fingerprint density at radius 3 is 2.79 bits per heavy atom. The average molecular weight is 334 g/mol. The van der Waals surface area contributed by atoms with Crippen LogP contribution < -0.4 is 0 Å². The van der Waals surface area contributed by atoms with Gasteiger partial charge in [-0.3, -0.25) is 10.1 Å². The van der Waals surface area contributed by atoms with Crippen molar-refractivity contribution in [1.82, 2.24) is 0 Å². The zero-order valence-electron chi connectivity index (χ0n) is 15.3. The van der Waals surface area contributed by atoms with Gasteiger partial charge in [0.15, 0.2) is 5.78 Å². The third-order valence-corrected chi connectivity index (χ3v) is 6.62. The number of carbonyl (C=O) groups excluding carboxylic acids is 1. The van der Waals surface area contributed by atoms with Crippen LogP contribution in [0, 0.1) is 17.3 Å². The number of ketones is 1. The minimum atomic E-state index is -0.847. The molecule has 2 saturated carbocycles. The molecule has 0 bridgehead atoms. The molecule has 0 aromatic rings. The van der Waals surface area contributed by atoms with E-state index in [-0.39, 0.29) is 16.8 Å². The highest BCUT2D eigenvalue weighted by atomic mass is 17.1. The summed E-state index contributed by atoms with van der Waals surface area (Å²) in [4.78, 5) is 17.2. The monoisotopic (exact) mass is 334 g/mol. The van der Waals surface area contributed by atoms with Gasteiger partial charge < -0.3 is 4.74 Å². The summed E-state index contributed by atoms with van der Waals surface area (Å²) >= 11 is 0. The fraction of sp³-hybridized carbons (Fsp3) is 0.750. The molecule has 3 fully saturated rings. The van der Waals surface area contributed by atoms with Crippen molar-refractivity contribution in [2.24, 2.45) is 17.3 Å². The first-order chi connectivity index (χ1) is 11.1. The molecular formula is C20H30O4. The fourth-order valence-electron chi connectivity index (χ4n) is 4.58. The van der Waals surface area contributed by atoms with Crippen molar-refractivity contribution in [3.8, 4) is 0 Å². The van der Waals surface area contributed by atoms with Gasteiger partial charge in [0.2, 0.25) is 0 Å². The Balaban J connectivity index is 1.74. The van der Waals surface area contributed by atoms with E-state index in [1.54, 1.807) is 26.0 Å². The van der Waals surface area contributed by atoms with E-state index < -0.39 is 5.60 Å². The lowest BCUT2D eigenvalue weighted by Crippen LogP contribution is -2.51. The van der Waals surface area contributed by atoms with Gasteiger partial charge in [0.25, 0.3) is 0 Å². The first kappa shape index (κ1) is 17.8. The second kappa shape index (κ2) is 5.79. The van der Waals surface area contributed by atoms with Gasteiger partial charge in [0.05, 0.1) is 11.7 Å². The normalized spacial score (nSPS) is 42.4. The molecule has 4 heteroatoms. The van der Waals surface area contributed by atoms with Crippen LogP contribution in [0.2, 0.25) is 0 Å². The van der Waals surface area contributed by atoms with Crippen molar-refractivity contribution >= 4 is 5.78 Å². The van der Waals surface area contributed by atoms with Gasteiger partial charge in [-0.05, 0) is 76.9 Å². The molecule has 2 aliphatic carbocycles. The topological polar surface area (TPSA) is 59.1 Å². The van der Waals surface area contributed by atoms with E-state index in [0.29, 0.717) is 17.9 Å². The average Bonchev–Trinajstić information content (AvgIpc) is 3.16. The van der Waals surface area contributed by atoms with E-state index in [9.17, 15) is 4.79 Å². The van der Waals surface area contributed by atoms with Crippen LogP contribution in [0.3, 0.4) is 0 Å². The lowest BCUT2D eigenvalue weighted by molar-refractivity contribution is -0.297.